The van der Waals surface area contributed by atoms with Gasteiger partial charge in [-0.1, -0.05) is 32.0 Å². The number of hydrogen-bond acceptors (Lipinski definition) is 3. The van der Waals surface area contributed by atoms with Crippen molar-refractivity contribution in [3.05, 3.63) is 82.1 Å². The second kappa shape index (κ2) is 9.54. The zero-order valence-corrected chi connectivity index (χ0v) is 17.9. The molecule has 0 aliphatic carbocycles. The summed E-state index contributed by atoms with van der Waals surface area (Å²) >= 11 is 0. The molecule has 1 aliphatic rings. The molecule has 0 N–H and O–H groups in total. The predicted octanol–water partition coefficient (Wildman–Crippen LogP) is 5.23. The van der Waals surface area contributed by atoms with E-state index >= 15 is 0 Å². The van der Waals surface area contributed by atoms with Crippen LogP contribution in [-0.2, 0) is 20.9 Å². The topological polar surface area (TPSA) is 46.6 Å². The molecule has 0 bridgehead atoms. The van der Waals surface area contributed by atoms with Crippen molar-refractivity contribution in [3.8, 4) is 0 Å². The average molecular weight is 449 g/mol. The lowest BCUT2D eigenvalue weighted by molar-refractivity contribution is -0.141. The first kappa shape index (κ1) is 23.5. The van der Waals surface area contributed by atoms with Crippen molar-refractivity contribution in [2.24, 2.45) is 5.92 Å². The first-order valence-electron chi connectivity index (χ1n) is 10.2. The Morgan fingerprint density at radius 1 is 1.12 bits per heavy atom. The van der Waals surface area contributed by atoms with E-state index in [0.717, 1.165) is 17.0 Å². The summed E-state index contributed by atoms with van der Waals surface area (Å²) in [6, 6.07) is 6.52. The Kier molecular flexibility index (Phi) is 7.01. The second-order valence-corrected chi connectivity index (χ2v) is 8.11. The fourth-order valence-corrected chi connectivity index (χ4v) is 3.68. The van der Waals surface area contributed by atoms with Gasteiger partial charge in [0.2, 0.25) is 5.91 Å². The van der Waals surface area contributed by atoms with E-state index in [0.29, 0.717) is 6.07 Å². The van der Waals surface area contributed by atoms with E-state index in [1.807, 2.05) is 13.8 Å². The van der Waals surface area contributed by atoms with Crippen LogP contribution in [0.1, 0.15) is 44.2 Å². The number of hydrogen-bond donors (Lipinski definition) is 0. The fraction of sp³-hybridized carbons (Fsp3) is 0.333. The van der Waals surface area contributed by atoms with E-state index in [4.69, 9.17) is 4.74 Å². The van der Waals surface area contributed by atoms with E-state index < -0.39 is 41.1 Å². The fourth-order valence-electron chi connectivity index (χ4n) is 3.68. The molecule has 0 radical (unpaired) electrons. The summed E-state index contributed by atoms with van der Waals surface area (Å²) in [7, 11) is 0. The van der Waals surface area contributed by atoms with E-state index in [-0.39, 0.29) is 47.9 Å². The van der Waals surface area contributed by atoms with Crippen LogP contribution >= 0.6 is 0 Å². The number of rotatable bonds is 6. The van der Waals surface area contributed by atoms with Crippen LogP contribution in [0.4, 0.5) is 17.6 Å². The van der Waals surface area contributed by atoms with Crippen molar-refractivity contribution in [3.63, 3.8) is 0 Å². The maximum Gasteiger partial charge on any atom is 0.336 e. The van der Waals surface area contributed by atoms with Crippen LogP contribution in [0.15, 0.2) is 47.7 Å². The van der Waals surface area contributed by atoms with E-state index in [9.17, 15) is 27.2 Å². The van der Waals surface area contributed by atoms with Crippen molar-refractivity contribution in [2.75, 3.05) is 6.61 Å². The van der Waals surface area contributed by atoms with Crippen LogP contribution in [0.2, 0.25) is 0 Å². The number of nitrogens with zero attached hydrogens (tertiary/aromatic N) is 1. The quantitative estimate of drug-likeness (QED) is 0.448. The van der Waals surface area contributed by atoms with Crippen LogP contribution < -0.4 is 0 Å². The minimum absolute atomic E-state index is 0.0209. The van der Waals surface area contributed by atoms with Crippen LogP contribution in [0, 0.1) is 29.2 Å². The lowest BCUT2D eigenvalue weighted by atomic mass is 9.83. The Balaban J connectivity index is 2.07. The normalized spacial score (nSPS) is 16.7. The molecule has 1 aliphatic heterocycles. The van der Waals surface area contributed by atoms with Gasteiger partial charge >= 0.3 is 5.97 Å². The highest BCUT2D eigenvalue weighted by atomic mass is 19.2. The third-order valence-electron chi connectivity index (χ3n) is 5.29. The number of amides is 1. The number of allylic oxidation sites excluding steroid dienone is 1. The summed E-state index contributed by atoms with van der Waals surface area (Å²) in [6.45, 7) is 4.94. The molecule has 1 unspecified atom stereocenters. The predicted molar refractivity (Wildman–Crippen MR) is 109 cm³/mol. The van der Waals surface area contributed by atoms with Crippen LogP contribution in [-0.4, -0.2) is 23.4 Å². The lowest BCUT2D eigenvalue weighted by Crippen LogP contribution is -2.38. The number of carbonyl (C=O) groups excluding carboxylic acids is 2. The highest BCUT2D eigenvalue weighted by Gasteiger charge is 2.38. The molecule has 1 amide bonds. The molecule has 8 heteroatoms. The lowest BCUT2D eigenvalue weighted by Gasteiger charge is -2.34. The molecule has 3 rings (SSSR count). The number of halogens is 4. The molecule has 1 atom stereocenters. The summed E-state index contributed by atoms with van der Waals surface area (Å²) in [5, 5.41) is 0. The van der Waals surface area contributed by atoms with Gasteiger partial charge in [0, 0.05) is 29.7 Å². The van der Waals surface area contributed by atoms with Gasteiger partial charge < -0.3 is 9.64 Å². The minimum Gasteiger partial charge on any atom is -0.462 e. The Morgan fingerprint density at radius 2 is 1.84 bits per heavy atom. The molecule has 32 heavy (non-hydrogen) atoms. The SMILES string of the molecule is CC1=C(C(=O)OCC(C)C)C(c2ccc(F)cc2F)CC(=O)N1Cc1cccc(F)c1F. The number of esters is 1. The molecule has 0 aromatic heterocycles. The minimum atomic E-state index is -1.09. The Bertz CT molecular complexity index is 1080. The maximum atomic E-state index is 14.6. The van der Waals surface area contributed by atoms with Gasteiger partial charge in [-0.2, -0.15) is 0 Å². The molecule has 0 fully saturated rings. The van der Waals surface area contributed by atoms with E-state index in [1.54, 1.807) is 0 Å². The van der Waals surface area contributed by atoms with Crippen LogP contribution in [0.3, 0.4) is 0 Å². The Hall–Kier alpha value is -3.16. The van der Waals surface area contributed by atoms with Gasteiger partial charge in [0.05, 0.1) is 18.7 Å². The molecule has 170 valence electrons. The smallest absolute Gasteiger partial charge is 0.336 e. The molecule has 2 aromatic carbocycles. The second-order valence-electron chi connectivity index (χ2n) is 8.11. The number of carbonyl (C=O) groups is 2. The first-order chi connectivity index (χ1) is 15.1. The maximum absolute atomic E-state index is 14.6. The molecule has 1 heterocycles. The van der Waals surface area contributed by atoms with Crippen molar-refractivity contribution < 1.29 is 31.9 Å². The molecule has 0 saturated carbocycles. The third-order valence-corrected chi connectivity index (χ3v) is 5.29. The van der Waals surface area contributed by atoms with Gasteiger partial charge in [0.25, 0.3) is 0 Å². The number of benzene rings is 2. The monoisotopic (exact) mass is 449 g/mol. The average Bonchev–Trinajstić information content (AvgIpc) is 2.72. The summed E-state index contributed by atoms with van der Waals surface area (Å²) in [6.07, 6.45) is -0.317. The third kappa shape index (κ3) is 4.84. The summed E-state index contributed by atoms with van der Waals surface area (Å²) < 4.78 is 61.1. The first-order valence-corrected chi connectivity index (χ1v) is 10.2. The van der Waals surface area contributed by atoms with Crippen LogP contribution in [0.5, 0.6) is 0 Å². The van der Waals surface area contributed by atoms with Crippen molar-refractivity contribution >= 4 is 11.9 Å². The summed E-state index contributed by atoms with van der Waals surface area (Å²) in [5.74, 6) is -6.07. The zero-order valence-electron chi connectivity index (χ0n) is 17.9. The Morgan fingerprint density at radius 3 is 2.50 bits per heavy atom. The van der Waals surface area contributed by atoms with Gasteiger partial charge in [-0.25, -0.2) is 22.4 Å². The van der Waals surface area contributed by atoms with Gasteiger partial charge in [-0.05, 0) is 30.5 Å². The highest BCUT2D eigenvalue weighted by molar-refractivity contribution is 5.95. The molecule has 0 spiro atoms. The molecule has 0 saturated heterocycles. The van der Waals surface area contributed by atoms with Gasteiger partial charge in [-0.15, -0.1) is 0 Å². The largest absolute Gasteiger partial charge is 0.462 e. The van der Waals surface area contributed by atoms with Gasteiger partial charge in [0.1, 0.15) is 11.6 Å². The van der Waals surface area contributed by atoms with Crippen molar-refractivity contribution in [1.29, 1.82) is 0 Å². The van der Waals surface area contributed by atoms with Crippen molar-refractivity contribution in [1.82, 2.24) is 4.90 Å². The van der Waals surface area contributed by atoms with Crippen molar-refractivity contribution in [2.45, 2.75) is 39.7 Å². The summed E-state index contributed by atoms with van der Waals surface area (Å²) in [4.78, 5) is 27.0. The molecule has 2 aromatic rings. The number of ether oxygens (including phenoxy) is 1. The molecular formula is C24H23F4NO3. The zero-order chi connectivity index (χ0) is 23.6. The van der Waals surface area contributed by atoms with E-state index in [1.165, 1.54) is 25.1 Å². The molecule has 4 nitrogen and oxygen atoms in total. The van der Waals surface area contributed by atoms with Gasteiger partial charge in [0.15, 0.2) is 11.6 Å². The van der Waals surface area contributed by atoms with Gasteiger partial charge in [-0.3, -0.25) is 4.79 Å². The highest BCUT2D eigenvalue weighted by Crippen LogP contribution is 2.39. The standard InChI is InChI=1S/C24H23F4NO3/c1-13(2)12-32-24(31)22-14(3)29(11-15-5-4-6-19(26)23(15)28)21(30)10-18(22)17-8-7-16(25)9-20(17)27/h4-9,13,18H,10-12H2,1-3H3. The molecular weight excluding hydrogens is 426 g/mol. The van der Waals surface area contributed by atoms with E-state index in [2.05, 4.69) is 0 Å². The summed E-state index contributed by atoms with van der Waals surface area (Å²) in [5.41, 5.74) is 0.0751. The Labute approximate surface area is 183 Å². The van der Waals surface area contributed by atoms with Crippen LogP contribution in [0.25, 0.3) is 0 Å².